The van der Waals surface area contributed by atoms with Gasteiger partial charge in [0.1, 0.15) is 0 Å². The van der Waals surface area contributed by atoms with E-state index in [1.807, 2.05) is 0 Å². The van der Waals surface area contributed by atoms with Gasteiger partial charge in [-0.15, -0.1) is 34.5 Å². The summed E-state index contributed by atoms with van der Waals surface area (Å²) in [4.78, 5) is 0. The van der Waals surface area contributed by atoms with Crippen LogP contribution in [-0.2, 0) is 16.2 Å². The van der Waals surface area contributed by atoms with E-state index in [1.54, 1.807) is 16.3 Å². The van der Waals surface area contributed by atoms with Crippen LogP contribution in [-0.4, -0.2) is 8.07 Å². The molecule has 0 fully saturated rings. The Bertz CT molecular complexity index is 1570. The molecule has 0 radical (unpaired) electrons. The Morgan fingerprint density at radius 3 is 1.88 bits per heavy atom. The molecule has 2 aliphatic carbocycles. The van der Waals surface area contributed by atoms with Crippen LogP contribution in [0.2, 0.25) is 18.1 Å². The van der Waals surface area contributed by atoms with E-state index in [9.17, 15) is 0 Å². The first-order valence-electron chi connectivity index (χ1n) is 14.9. The maximum Gasteiger partial charge on any atom is 1.00 e. The summed E-state index contributed by atoms with van der Waals surface area (Å²) in [5.41, 5.74) is 13.6. The quantitative estimate of drug-likeness (QED) is 0.332. The standard InChI is InChI=1S/C38H50Si.2Li/c1-23-19-29-30(34(23)39(13,14)38(12)21-24(2)25(3)26(38)4)20-31-33(37(10,11)22-36(31,8)9)32(29)27-15-17-28(18-16-27)35(5,6)7;;/h15-20H,22H2,1-14H3;;/q-2;2*+1. The number of allylic oxidation sites excluding steroid dienone is 4. The van der Waals surface area contributed by atoms with Crippen LogP contribution in [0, 0.1) is 13.0 Å². The van der Waals surface area contributed by atoms with Gasteiger partial charge in [-0.2, -0.15) is 17.2 Å². The molecule has 41 heavy (non-hydrogen) atoms. The molecule has 1 atom stereocenters. The van der Waals surface area contributed by atoms with Crippen LogP contribution >= 0.6 is 0 Å². The second-order valence-electron chi connectivity index (χ2n) is 15.9. The normalized spacial score (nSPS) is 21.5. The van der Waals surface area contributed by atoms with Crippen molar-refractivity contribution in [3.63, 3.8) is 0 Å². The Labute approximate surface area is 276 Å². The third-order valence-electron chi connectivity index (χ3n) is 10.9. The topological polar surface area (TPSA) is 0 Å². The summed E-state index contributed by atoms with van der Waals surface area (Å²) in [7, 11) is -2.04. The monoisotopic (exact) mass is 548 g/mol. The third-order valence-corrected chi connectivity index (χ3v) is 15.8. The Morgan fingerprint density at radius 1 is 0.829 bits per heavy atom. The zero-order valence-electron chi connectivity index (χ0n) is 29.2. The van der Waals surface area contributed by atoms with Crippen molar-refractivity contribution in [2.75, 3.05) is 0 Å². The molecule has 3 heteroatoms. The van der Waals surface area contributed by atoms with Crippen LogP contribution in [0.5, 0.6) is 0 Å². The summed E-state index contributed by atoms with van der Waals surface area (Å²) in [5, 5.41) is 4.58. The number of fused-ring (bicyclic) bond motifs is 2. The first-order valence-corrected chi connectivity index (χ1v) is 17.9. The minimum atomic E-state index is -2.04. The Kier molecular flexibility index (Phi) is 8.85. The van der Waals surface area contributed by atoms with Crippen LogP contribution in [0.15, 0.2) is 53.1 Å². The molecule has 0 bridgehead atoms. The zero-order chi connectivity index (χ0) is 29.1. The van der Waals surface area contributed by atoms with Crippen molar-refractivity contribution in [3.05, 3.63) is 81.4 Å². The summed E-state index contributed by atoms with van der Waals surface area (Å²) in [6, 6.07) is 14.7. The molecule has 3 aromatic carbocycles. The van der Waals surface area contributed by atoms with E-state index in [4.69, 9.17) is 0 Å². The second kappa shape index (κ2) is 10.5. The largest absolute Gasteiger partial charge is 1.00 e. The molecule has 5 rings (SSSR count). The Morgan fingerprint density at radius 2 is 1.39 bits per heavy atom. The van der Waals surface area contributed by atoms with Crippen LogP contribution < -0.4 is 42.9 Å². The van der Waals surface area contributed by atoms with Gasteiger partial charge in [0.05, 0.1) is 0 Å². The molecular formula is C38H50Li2Si. The molecule has 2 aliphatic rings. The van der Waals surface area contributed by atoms with Gasteiger partial charge in [0.15, 0.2) is 0 Å². The minimum Gasteiger partial charge on any atom is -0.266 e. The minimum absolute atomic E-state index is 0. The average Bonchev–Trinajstić information content (AvgIpc) is 3.32. The van der Waals surface area contributed by atoms with E-state index in [-0.39, 0.29) is 59.0 Å². The fourth-order valence-electron chi connectivity index (χ4n) is 8.44. The molecule has 0 heterocycles. The van der Waals surface area contributed by atoms with E-state index in [0.29, 0.717) is 0 Å². The molecule has 0 nitrogen and oxygen atoms in total. The number of hydrogen-bond acceptors (Lipinski definition) is 0. The Balaban J connectivity index is 0.00000231. The molecular weight excluding hydrogens is 498 g/mol. The van der Waals surface area contributed by atoms with Gasteiger partial charge in [-0.3, -0.25) is 6.08 Å². The fraction of sp³-hybridized carbons (Fsp3) is 0.500. The first-order chi connectivity index (χ1) is 17.7. The number of hydrogen-bond donors (Lipinski definition) is 0. The molecule has 1 unspecified atom stereocenters. The number of rotatable bonds is 3. The van der Waals surface area contributed by atoms with Crippen LogP contribution in [0.4, 0.5) is 0 Å². The molecule has 0 N–H and O–H groups in total. The van der Waals surface area contributed by atoms with Crippen molar-refractivity contribution in [1.29, 1.82) is 0 Å². The van der Waals surface area contributed by atoms with Crippen molar-refractivity contribution in [2.24, 2.45) is 0 Å². The third kappa shape index (κ3) is 5.01. The molecule has 208 valence electrons. The van der Waals surface area contributed by atoms with Crippen LogP contribution in [0.25, 0.3) is 21.9 Å². The van der Waals surface area contributed by atoms with Gasteiger partial charge in [-0.1, -0.05) is 130 Å². The predicted molar refractivity (Wildman–Crippen MR) is 175 cm³/mol. The first kappa shape index (κ1) is 34.4. The van der Waals surface area contributed by atoms with Gasteiger partial charge in [-0.05, 0) is 39.4 Å². The number of aryl methyl sites for hydroxylation is 1. The van der Waals surface area contributed by atoms with Gasteiger partial charge in [0.2, 0.25) is 0 Å². The molecule has 3 aromatic rings. The summed E-state index contributed by atoms with van der Waals surface area (Å²) in [5.74, 6) is 0. The van der Waals surface area contributed by atoms with Crippen molar-refractivity contribution in [3.8, 4) is 11.1 Å². The van der Waals surface area contributed by atoms with Gasteiger partial charge < -0.3 is 0 Å². The summed E-state index contributed by atoms with van der Waals surface area (Å²) in [6.45, 7) is 33.7. The molecule has 0 aromatic heterocycles. The van der Waals surface area contributed by atoms with Crippen molar-refractivity contribution in [1.82, 2.24) is 0 Å². The van der Waals surface area contributed by atoms with Gasteiger partial charge >= 0.3 is 37.7 Å². The SMILES string of the molecule is CC1=[C-]C(C)([Si](C)(C)[c-]2c(C)cc3c(-c4ccc(C(C)(C)C)cc4)c4c(cc32)C(C)(C)CC4(C)C)C(C)=C1C.[Li+].[Li+]. The summed E-state index contributed by atoms with van der Waals surface area (Å²) >= 11 is 0. The van der Waals surface area contributed by atoms with E-state index in [0.717, 1.165) is 0 Å². The van der Waals surface area contributed by atoms with Gasteiger partial charge in [0.25, 0.3) is 0 Å². The van der Waals surface area contributed by atoms with Crippen LogP contribution in [0.1, 0.15) is 105 Å². The molecule has 0 saturated heterocycles. The van der Waals surface area contributed by atoms with Crippen LogP contribution in [0.3, 0.4) is 0 Å². The van der Waals surface area contributed by atoms with Crippen molar-refractivity contribution in [2.45, 2.75) is 124 Å². The zero-order valence-corrected chi connectivity index (χ0v) is 30.2. The predicted octanol–water partition coefficient (Wildman–Crippen LogP) is 4.57. The maximum atomic E-state index is 4.00. The number of benzene rings is 2. The van der Waals surface area contributed by atoms with Crippen molar-refractivity contribution < 1.29 is 37.7 Å². The van der Waals surface area contributed by atoms with E-state index in [2.05, 4.69) is 139 Å². The molecule has 0 saturated carbocycles. The van der Waals surface area contributed by atoms with E-state index >= 15 is 0 Å². The second-order valence-corrected chi connectivity index (χ2v) is 20.6. The maximum absolute atomic E-state index is 4.00. The van der Waals surface area contributed by atoms with E-state index in [1.165, 1.54) is 56.2 Å². The summed E-state index contributed by atoms with van der Waals surface area (Å²) < 4.78 is 0. The van der Waals surface area contributed by atoms with Gasteiger partial charge in [-0.25, -0.2) is 5.57 Å². The average molecular weight is 549 g/mol. The fourth-order valence-corrected chi connectivity index (χ4v) is 12.5. The molecule has 0 amide bonds. The van der Waals surface area contributed by atoms with Gasteiger partial charge in [0, 0.05) is 8.07 Å². The van der Waals surface area contributed by atoms with E-state index < -0.39 is 8.07 Å². The molecule has 0 aliphatic heterocycles. The Hall–Kier alpha value is -1.06. The smallest absolute Gasteiger partial charge is 0.266 e. The van der Waals surface area contributed by atoms with Crippen molar-refractivity contribution >= 4 is 24.0 Å². The molecule has 0 spiro atoms. The summed E-state index contributed by atoms with van der Waals surface area (Å²) in [6.07, 6.45) is 5.18.